The third-order valence-electron chi connectivity index (χ3n) is 3.13. The standard InChI is InChI=1S/C15H21NO3/c1-15(2,3)19-14(18)16-13-5-4-11-6-10(9-17)7-12(11)8-13/h4-5,8,10,17H,6-7,9H2,1-3H3,(H,16,18)/t10-/m0/s1. The number of ether oxygens (including phenoxy) is 1. The lowest BCUT2D eigenvalue weighted by Crippen LogP contribution is -2.27. The molecule has 0 saturated carbocycles. The Labute approximate surface area is 113 Å². The number of hydrogen-bond acceptors (Lipinski definition) is 3. The second-order valence-corrected chi connectivity index (χ2v) is 6.07. The summed E-state index contributed by atoms with van der Waals surface area (Å²) in [6, 6.07) is 5.86. The Bertz CT molecular complexity index is 477. The molecule has 0 fully saturated rings. The monoisotopic (exact) mass is 263 g/mol. The van der Waals surface area contributed by atoms with E-state index in [0.717, 1.165) is 18.5 Å². The molecule has 0 radical (unpaired) electrons. The zero-order valence-corrected chi connectivity index (χ0v) is 11.7. The molecular weight excluding hydrogens is 242 g/mol. The van der Waals surface area contributed by atoms with Crippen LogP contribution in [0.1, 0.15) is 31.9 Å². The van der Waals surface area contributed by atoms with Gasteiger partial charge in [-0.2, -0.15) is 0 Å². The zero-order chi connectivity index (χ0) is 14.0. The molecule has 4 heteroatoms. The van der Waals surface area contributed by atoms with E-state index in [9.17, 15) is 9.90 Å². The number of benzene rings is 1. The van der Waals surface area contributed by atoms with Gasteiger partial charge in [-0.05, 0) is 62.8 Å². The molecule has 104 valence electrons. The van der Waals surface area contributed by atoms with E-state index in [1.807, 2.05) is 39.0 Å². The predicted octanol–water partition coefficient (Wildman–Crippen LogP) is 2.74. The van der Waals surface area contributed by atoms with Crippen molar-refractivity contribution in [3.63, 3.8) is 0 Å². The number of aliphatic hydroxyl groups is 1. The van der Waals surface area contributed by atoms with Crippen molar-refractivity contribution in [2.24, 2.45) is 5.92 Å². The fourth-order valence-corrected chi connectivity index (χ4v) is 2.34. The van der Waals surface area contributed by atoms with Gasteiger partial charge >= 0.3 is 6.09 Å². The minimum Gasteiger partial charge on any atom is -0.444 e. The van der Waals surface area contributed by atoms with Crippen LogP contribution < -0.4 is 5.32 Å². The number of anilines is 1. The number of carbonyl (C=O) groups excluding carboxylic acids is 1. The number of carbonyl (C=O) groups is 1. The molecule has 0 heterocycles. The summed E-state index contributed by atoms with van der Waals surface area (Å²) in [6.07, 6.45) is 1.35. The molecule has 0 bridgehead atoms. The molecule has 1 aliphatic rings. The Morgan fingerprint density at radius 3 is 2.68 bits per heavy atom. The minimum absolute atomic E-state index is 0.212. The molecule has 0 unspecified atom stereocenters. The topological polar surface area (TPSA) is 58.6 Å². The van der Waals surface area contributed by atoms with Crippen LogP contribution in [-0.2, 0) is 17.6 Å². The maximum absolute atomic E-state index is 11.7. The number of hydrogen-bond donors (Lipinski definition) is 2. The highest BCUT2D eigenvalue weighted by molar-refractivity contribution is 5.85. The Morgan fingerprint density at radius 2 is 2.05 bits per heavy atom. The maximum atomic E-state index is 11.7. The average molecular weight is 263 g/mol. The van der Waals surface area contributed by atoms with Gasteiger partial charge in [0.05, 0.1) is 0 Å². The number of aliphatic hydroxyl groups excluding tert-OH is 1. The maximum Gasteiger partial charge on any atom is 0.412 e. The summed E-state index contributed by atoms with van der Waals surface area (Å²) in [4.78, 5) is 11.7. The molecule has 2 N–H and O–H groups in total. The van der Waals surface area contributed by atoms with E-state index in [0.29, 0.717) is 5.92 Å². The molecule has 1 aromatic carbocycles. The lowest BCUT2D eigenvalue weighted by atomic mass is 10.1. The summed E-state index contributed by atoms with van der Waals surface area (Å²) in [7, 11) is 0. The van der Waals surface area contributed by atoms with E-state index in [1.165, 1.54) is 11.1 Å². The molecule has 0 saturated heterocycles. The van der Waals surface area contributed by atoms with Gasteiger partial charge in [0.15, 0.2) is 0 Å². The number of amides is 1. The zero-order valence-electron chi connectivity index (χ0n) is 11.7. The second-order valence-electron chi connectivity index (χ2n) is 6.07. The minimum atomic E-state index is -0.497. The van der Waals surface area contributed by atoms with E-state index < -0.39 is 11.7 Å². The Morgan fingerprint density at radius 1 is 1.37 bits per heavy atom. The van der Waals surface area contributed by atoms with Crippen LogP contribution in [0, 0.1) is 5.92 Å². The van der Waals surface area contributed by atoms with Gasteiger partial charge in [0.1, 0.15) is 5.60 Å². The number of fused-ring (bicyclic) bond motifs is 1. The summed E-state index contributed by atoms with van der Waals surface area (Å²) in [5, 5.41) is 11.9. The van der Waals surface area contributed by atoms with Crippen LogP contribution in [0.5, 0.6) is 0 Å². The smallest absolute Gasteiger partial charge is 0.412 e. The van der Waals surface area contributed by atoms with Crippen molar-refractivity contribution < 1.29 is 14.6 Å². The van der Waals surface area contributed by atoms with Gasteiger partial charge in [0.2, 0.25) is 0 Å². The number of rotatable bonds is 2. The SMILES string of the molecule is CC(C)(C)OC(=O)Nc1ccc2c(c1)C[C@@H](CO)C2. The van der Waals surface area contributed by atoms with Crippen molar-refractivity contribution in [2.45, 2.75) is 39.2 Å². The first-order valence-electron chi connectivity index (χ1n) is 6.60. The molecule has 2 rings (SSSR count). The van der Waals surface area contributed by atoms with Gasteiger partial charge < -0.3 is 9.84 Å². The van der Waals surface area contributed by atoms with Crippen LogP contribution in [-0.4, -0.2) is 23.4 Å². The molecule has 4 nitrogen and oxygen atoms in total. The van der Waals surface area contributed by atoms with Crippen molar-refractivity contribution in [2.75, 3.05) is 11.9 Å². The predicted molar refractivity (Wildman–Crippen MR) is 74.3 cm³/mol. The van der Waals surface area contributed by atoms with E-state index in [-0.39, 0.29) is 6.61 Å². The first-order valence-corrected chi connectivity index (χ1v) is 6.60. The van der Waals surface area contributed by atoms with E-state index in [1.54, 1.807) is 0 Å². The lowest BCUT2D eigenvalue weighted by Gasteiger charge is -2.19. The summed E-state index contributed by atoms with van der Waals surface area (Å²) in [5.41, 5.74) is 2.70. The number of nitrogens with one attached hydrogen (secondary N) is 1. The molecule has 0 spiro atoms. The highest BCUT2D eigenvalue weighted by atomic mass is 16.6. The summed E-state index contributed by atoms with van der Waals surface area (Å²) in [5.74, 6) is 0.312. The van der Waals surface area contributed by atoms with Crippen molar-refractivity contribution in [3.05, 3.63) is 29.3 Å². The van der Waals surface area contributed by atoms with Gasteiger partial charge in [0, 0.05) is 12.3 Å². The molecule has 1 aliphatic carbocycles. The van der Waals surface area contributed by atoms with E-state index in [2.05, 4.69) is 5.32 Å². The van der Waals surface area contributed by atoms with Gasteiger partial charge in [-0.25, -0.2) is 4.79 Å². The molecule has 1 aromatic rings. The van der Waals surface area contributed by atoms with Gasteiger partial charge in [-0.1, -0.05) is 6.07 Å². The first-order chi connectivity index (χ1) is 8.87. The van der Waals surface area contributed by atoms with Crippen LogP contribution in [0.2, 0.25) is 0 Å². The second kappa shape index (κ2) is 5.21. The molecule has 1 atom stereocenters. The molecule has 0 aromatic heterocycles. The van der Waals surface area contributed by atoms with Gasteiger partial charge in [-0.15, -0.1) is 0 Å². The highest BCUT2D eigenvalue weighted by Crippen LogP contribution is 2.28. The third kappa shape index (κ3) is 3.70. The fraction of sp³-hybridized carbons (Fsp3) is 0.533. The third-order valence-corrected chi connectivity index (χ3v) is 3.13. The summed E-state index contributed by atoms with van der Waals surface area (Å²) in [6.45, 7) is 5.72. The Kier molecular flexibility index (Phi) is 3.80. The van der Waals surface area contributed by atoms with Crippen molar-refractivity contribution >= 4 is 11.8 Å². The lowest BCUT2D eigenvalue weighted by molar-refractivity contribution is 0.0636. The molecule has 1 amide bonds. The van der Waals surface area contributed by atoms with E-state index in [4.69, 9.17) is 4.74 Å². The van der Waals surface area contributed by atoms with Gasteiger partial charge in [-0.3, -0.25) is 5.32 Å². The first kappa shape index (κ1) is 13.9. The summed E-state index contributed by atoms with van der Waals surface area (Å²) < 4.78 is 5.21. The van der Waals surface area contributed by atoms with Crippen molar-refractivity contribution in [1.82, 2.24) is 0 Å². The average Bonchev–Trinajstić information content (AvgIpc) is 2.68. The van der Waals surface area contributed by atoms with Crippen LogP contribution >= 0.6 is 0 Å². The van der Waals surface area contributed by atoms with Crippen LogP contribution in [0.3, 0.4) is 0 Å². The van der Waals surface area contributed by atoms with Crippen LogP contribution in [0.4, 0.5) is 10.5 Å². The normalized spacial score (nSPS) is 18.0. The Hall–Kier alpha value is -1.55. The summed E-state index contributed by atoms with van der Waals surface area (Å²) >= 11 is 0. The van der Waals surface area contributed by atoms with Gasteiger partial charge in [0.25, 0.3) is 0 Å². The fourth-order valence-electron chi connectivity index (χ4n) is 2.34. The Balaban J connectivity index is 2.02. The van der Waals surface area contributed by atoms with Crippen molar-refractivity contribution in [3.8, 4) is 0 Å². The highest BCUT2D eigenvalue weighted by Gasteiger charge is 2.21. The quantitative estimate of drug-likeness (QED) is 0.862. The van der Waals surface area contributed by atoms with E-state index >= 15 is 0 Å². The largest absolute Gasteiger partial charge is 0.444 e. The van der Waals surface area contributed by atoms with Crippen LogP contribution in [0.15, 0.2) is 18.2 Å². The molecule has 19 heavy (non-hydrogen) atoms. The van der Waals surface area contributed by atoms with Crippen molar-refractivity contribution in [1.29, 1.82) is 0 Å². The molecular formula is C15H21NO3. The van der Waals surface area contributed by atoms with Crippen LogP contribution in [0.25, 0.3) is 0 Å². The molecule has 0 aliphatic heterocycles.